The van der Waals surface area contributed by atoms with Gasteiger partial charge in [0.25, 0.3) is 0 Å². The first-order valence-electron chi connectivity index (χ1n) is 5.57. The number of hydrogen-bond donors (Lipinski definition) is 1. The monoisotopic (exact) mass is 342 g/mol. The third-order valence-corrected chi connectivity index (χ3v) is 3.24. The molecule has 0 unspecified atom stereocenters. The van der Waals surface area contributed by atoms with Gasteiger partial charge in [-0.05, 0) is 34.1 Å². The summed E-state index contributed by atoms with van der Waals surface area (Å²) in [5.41, 5.74) is -0.342. The van der Waals surface area contributed by atoms with Crippen molar-refractivity contribution >= 4 is 21.9 Å². The van der Waals surface area contributed by atoms with Crippen LogP contribution in [0.1, 0.15) is 15.9 Å². The molecule has 0 aliphatic carbocycles. The van der Waals surface area contributed by atoms with Gasteiger partial charge in [0.15, 0.2) is 0 Å². The van der Waals surface area contributed by atoms with Crippen molar-refractivity contribution in [3.8, 4) is 5.75 Å². The number of benzene rings is 2. The predicted molar refractivity (Wildman–Crippen MR) is 71.8 cm³/mol. The summed E-state index contributed by atoms with van der Waals surface area (Å²) in [5, 5.41) is 8.82. The first kappa shape index (κ1) is 14.5. The lowest BCUT2D eigenvalue weighted by Crippen LogP contribution is -2.06. The maximum atomic E-state index is 13.9. The summed E-state index contributed by atoms with van der Waals surface area (Å²) in [5.74, 6) is -2.48. The van der Waals surface area contributed by atoms with Crippen molar-refractivity contribution in [1.29, 1.82) is 0 Å². The molecule has 0 atom stereocenters. The van der Waals surface area contributed by atoms with Crippen LogP contribution in [0, 0.1) is 11.6 Å². The van der Waals surface area contributed by atoms with Crippen molar-refractivity contribution in [2.45, 2.75) is 6.61 Å². The molecule has 20 heavy (non-hydrogen) atoms. The fourth-order valence-electron chi connectivity index (χ4n) is 1.60. The van der Waals surface area contributed by atoms with E-state index in [4.69, 9.17) is 9.84 Å². The second-order valence-electron chi connectivity index (χ2n) is 3.95. The van der Waals surface area contributed by atoms with Gasteiger partial charge in [0, 0.05) is 11.6 Å². The molecule has 0 aliphatic heterocycles. The molecule has 0 saturated heterocycles. The summed E-state index contributed by atoms with van der Waals surface area (Å²) in [6, 6.07) is 7.88. The molecule has 6 heteroatoms. The molecule has 1 N–H and O–H groups in total. The van der Waals surface area contributed by atoms with Gasteiger partial charge in [-0.15, -0.1) is 0 Å². The van der Waals surface area contributed by atoms with E-state index in [9.17, 15) is 13.6 Å². The minimum absolute atomic E-state index is 0.0843. The van der Waals surface area contributed by atoms with Crippen molar-refractivity contribution in [3.63, 3.8) is 0 Å². The fourth-order valence-corrected chi connectivity index (χ4v) is 1.96. The Morgan fingerprint density at radius 1 is 1.25 bits per heavy atom. The lowest BCUT2D eigenvalue weighted by molar-refractivity contribution is 0.0691. The highest BCUT2D eigenvalue weighted by Crippen LogP contribution is 2.26. The van der Waals surface area contributed by atoms with Gasteiger partial charge in [0.2, 0.25) is 0 Å². The second-order valence-corrected chi connectivity index (χ2v) is 4.80. The molecule has 0 heterocycles. The van der Waals surface area contributed by atoms with Crippen molar-refractivity contribution in [1.82, 2.24) is 0 Å². The third kappa shape index (κ3) is 3.14. The number of aromatic carboxylic acids is 1. The van der Waals surface area contributed by atoms with Gasteiger partial charge in [-0.3, -0.25) is 0 Å². The van der Waals surface area contributed by atoms with Crippen LogP contribution in [-0.2, 0) is 6.61 Å². The van der Waals surface area contributed by atoms with Crippen molar-refractivity contribution in [2.75, 3.05) is 0 Å². The van der Waals surface area contributed by atoms with E-state index in [1.165, 1.54) is 30.3 Å². The number of rotatable bonds is 4. The van der Waals surface area contributed by atoms with Crippen LogP contribution in [0.5, 0.6) is 5.75 Å². The molecule has 0 aromatic heterocycles. The molecule has 0 spiro atoms. The quantitative estimate of drug-likeness (QED) is 0.913. The molecule has 0 radical (unpaired) electrons. The number of carboxylic acids is 1. The Morgan fingerprint density at radius 3 is 2.70 bits per heavy atom. The highest BCUT2D eigenvalue weighted by molar-refractivity contribution is 9.10. The highest BCUT2D eigenvalue weighted by Gasteiger charge is 2.14. The molecule has 2 aromatic rings. The Labute approximate surface area is 121 Å². The Morgan fingerprint density at radius 2 is 2.00 bits per heavy atom. The smallest absolute Gasteiger partial charge is 0.338 e. The maximum Gasteiger partial charge on any atom is 0.338 e. The summed E-state index contributed by atoms with van der Waals surface area (Å²) in [6.07, 6.45) is 0. The van der Waals surface area contributed by atoms with Gasteiger partial charge >= 0.3 is 5.97 Å². The second kappa shape index (κ2) is 6.00. The first-order chi connectivity index (χ1) is 9.49. The number of halogens is 3. The fraction of sp³-hybridized carbons (Fsp3) is 0.0714. The molecule has 0 saturated carbocycles. The zero-order valence-corrected chi connectivity index (χ0v) is 11.7. The first-order valence-corrected chi connectivity index (χ1v) is 6.37. The van der Waals surface area contributed by atoms with Gasteiger partial charge in [0.05, 0.1) is 10.0 Å². The zero-order chi connectivity index (χ0) is 14.7. The highest BCUT2D eigenvalue weighted by atomic mass is 79.9. The molecular weight excluding hydrogens is 334 g/mol. The lowest BCUT2D eigenvalue weighted by Gasteiger charge is -2.10. The van der Waals surface area contributed by atoms with Crippen molar-refractivity contribution in [2.24, 2.45) is 0 Å². The van der Waals surface area contributed by atoms with Crippen LogP contribution in [0.15, 0.2) is 40.9 Å². The number of carboxylic acid groups (broad SMARTS) is 1. The summed E-state index contributed by atoms with van der Waals surface area (Å²) in [7, 11) is 0. The third-order valence-electron chi connectivity index (χ3n) is 2.59. The summed E-state index contributed by atoms with van der Waals surface area (Å²) in [4.78, 5) is 10.8. The molecule has 0 bridgehead atoms. The van der Waals surface area contributed by atoms with Gasteiger partial charge in [0.1, 0.15) is 24.0 Å². The molecular formula is C14H9BrF2O3. The van der Waals surface area contributed by atoms with Crippen LogP contribution >= 0.6 is 15.9 Å². The van der Waals surface area contributed by atoms with E-state index in [0.717, 1.165) is 6.07 Å². The van der Waals surface area contributed by atoms with Crippen LogP contribution in [0.2, 0.25) is 0 Å². The van der Waals surface area contributed by atoms with Crippen LogP contribution in [0.25, 0.3) is 0 Å². The maximum absolute atomic E-state index is 13.9. The lowest BCUT2D eigenvalue weighted by atomic mass is 10.1. The summed E-state index contributed by atoms with van der Waals surface area (Å²) in [6.45, 7) is -0.199. The Kier molecular flexibility index (Phi) is 4.34. The minimum Gasteiger partial charge on any atom is -0.488 e. The van der Waals surface area contributed by atoms with Gasteiger partial charge in [-0.25, -0.2) is 13.6 Å². The number of hydrogen-bond acceptors (Lipinski definition) is 2. The van der Waals surface area contributed by atoms with E-state index < -0.39 is 23.2 Å². The molecule has 3 nitrogen and oxygen atoms in total. The van der Waals surface area contributed by atoms with Crippen LogP contribution < -0.4 is 4.74 Å². The van der Waals surface area contributed by atoms with Crippen molar-refractivity contribution in [3.05, 3.63) is 63.6 Å². The standard InChI is InChI=1S/C14H9BrF2O3/c15-11-5-4-9(16)6-12(11)20-7-8-2-1-3-10(13(8)17)14(18)19/h1-6H,7H2,(H,18,19). The molecule has 2 aromatic carbocycles. The van der Waals surface area contributed by atoms with E-state index in [0.29, 0.717) is 4.47 Å². The van der Waals surface area contributed by atoms with Gasteiger partial charge in [-0.2, -0.15) is 0 Å². The minimum atomic E-state index is -1.35. The van der Waals surface area contributed by atoms with Crippen molar-refractivity contribution < 1.29 is 23.4 Å². The van der Waals surface area contributed by atoms with Gasteiger partial charge in [-0.1, -0.05) is 12.1 Å². The average molecular weight is 343 g/mol. The van der Waals surface area contributed by atoms with E-state index in [1.807, 2.05) is 0 Å². The normalized spacial score (nSPS) is 10.3. The topological polar surface area (TPSA) is 46.5 Å². The zero-order valence-electron chi connectivity index (χ0n) is 10.1. The molecule has 0 fully saturated rings. The van der Waals surface area contributed by atoms with E-state index in [2.05, 4.69) is 15.9 Å². The van der Waals surface area contributed by atoms with E-state index in [-0.39, 0.29) is 17.9 Å². The Balaban J connectivity index is 2.21. The molecule has 0 amide bonds. The van der Waals surface area contributed by atoms with Gasteiger partial charge < -0.3 is 9.84 Å². The van der Waals surface area contributed by atoms with Crippen LogP contribution in [0.4, 0.5) is 8.78 Å². The number of ether oxygens (including phenoxy) is 1. The molecule has 104 valence electrons. The predicted octanol–water partition coefficient (Wildman–Crippen LogP) is 4.00. The Hall–Kier alpha value is -1.95. The molecule has 2 rings (SSSR count). The molecule has 0 aliphatic rings. The van der Waals surface area contributed by atoms with Crippen LogP contribution in [-0.4, -0.2) is 11.1 Å². The largest absolute Gasteiger partial charge is 0.488 e. The van der Waals surface area contributed by atoms with E-state index in [1.54, 1.807) is 0 Å². The van der Waals surface area contributed by atoms with E-state index >= 15 is 0 Å². The average Bonchev–Trinajstić information content (AvgIpc) is 2.41. The van der Waals surface area contributed by atoms with Crippen LogP contribution in [0.3, 0.4) is 0 Å². The SMILES string of the molecule is O=C(O)c1cccc(COc2cc(F)ccc2Br)c1F. The summed E-state index contributed by atoms with van der Waals surface area (Å²) >= 11 is 3.18. The Bertz CT molecular complexity index is 659. The number of carbonyl (C=O) groups is 1. The summed E-state index contributed by atoms with van der Waals surface area (Å²) < 4.78 is 32.8.